The molecular weight excluding hydrogens is 346 g/mol. The number of carbonyl (C=O) groups is 2. The van der Waals surface area contributed by atoms with E-state index in [0.29, 0.717) is 5.70 Å². The maximum Gasteiger partial charge on any atom is 0.333 e. The molecule has 0 spiro atoms. The van der Waals surface area contributed by atoms with E-state index >= 15 is 0 Å². The SMILES string of the molecule is CC1=C(C(=O)O)C(c2ccccc2/C=C/[Si](C)(C)C)C(C)(C(=O)O)CN1. The van der Waals surface area contributed by atoms with Gasteiger partial charge in [-0.1, -0.05) is 55.7 Å². The van der Waals surface area contributed by atoms with E-state index in [0.717, 1.165) is 11.1 Å². The third-order valence-corrected chi connectivity index (χ3v) is 6.01. The molecule has 0 saturated heterocycles. The summed E-state index contributed by atoms with van der Waals surface area (Å²) in [6, 6.07) is 7.49. The summed E-state index contributed by atoms with van der Waals surface area (Å²) >= 11 is 0. The molecule has 0 saturated carbocycles. The zero-order chi connectivity index (χ0) is 19.7. The maximum absolute atomic E-state index is 12.1. The van der Waals surface area contributed by atoms with E-state index in [9.17, 15) is 19.8 Å². The Kier molecular flexibility index (Phi) is 5.46. The minimum Gasteiger partial charge on any atom is -0.481 e. The molecule has 1 aliphatic rings. The molecule has 5 nitrogen and oxygen atoms in total. The molecule has 140 valence electrons. The Labute approximate surface area is 155 Å². The maximum atomic E-state index is 12.1. The van der Waals surface area contributed by atoms with Crippen LogP contribution in [-0.2, 0) is 9.59 Å². The van der Waals surface area contributed by atoms with Crippen molar-refractivity contribution in [3.05, 3.63) is 52.4 Å². The number of rotatable bonds is 5. The first-order valence-electron chi connectivity index (χ1n) is 8.67. The van der Waals surface area contributed by atoms with Gasteiger partial charge in [0.05, 0.1) is 19.1 Å². The number of aliphatic carboxylic acids is 2. The van der Waals surface area contributed by atoms with Gasteiger partial charge in [-0.2, -0.15) is 0 Å². The first-order valence-corrected chi connectivity index (χ1v) is 12.2. The van der Waals surface area contributed by atoms with Crippen molar-refractivity contribution in [3.8, 4) is 0 Å². The van der Waals surface area contributed by atoms with Crippen LogP contribution in [0.1, 0.15) is 30.9 Å². The van der Waals surface area contributed by atoms with Crippen LogP contribution in [0.25, 0.3) is 6.08 Å². The van der Waals surface area contributed by atoms with Crippen molar-refractivity contribution in [1.29, 1.82) is 0 Å². The highest BCUT2D eigenvalue weighted by Gasteiger charge is 2.49. The highest BCUT2D eigenvalue weighted by molar-refractivity contribution is 6.81. The number of nitrogens with one attached hydrogen (secondary N) is 1. The van der Waals surface area contributed by atoms with Crippen molar-refractivity contribution in [2.24, 2.45) is 5.41 Å². The van der Waals surface area contributed by atoms with Crippen molar-refractivity contribution < 1.29 is 19.8 Å². The number of carboxylic acid groups (broad SMARTS) is 2. The lowest BCUT2D eigenvalue weighted by Gasteiger charge is -2.40. The summed E-state index contributed by atoms with van der Waals surface area (Å²) in [4.78, 5) is 24.1. The molecule has 1 aliphatic heterocycles. The van der Waals surface area contributed by atoms with Gasteiger partial charge in [-0.25, -0.2) is 4.79 Å². The van der Waals surface area contributed by atoms with E-state index in [-0.39, 0.29) is 12.1 Å². The van der Waals surface area contributed by atoms with Gasteiger partial charge in [-0.05, 0) is 25.0 Å². The zero-order valence-electron chi connectivity index (χ0n) is 16.0. The topological polar surface area (TPSA) is 86.6 Å². The number of carboxylic acids is 2. The molecule has 0 fully saturated rings. The quantitative estimate of drug-likeness (QED) is 0.685. The number of allylic oxidation sites excluding steroid dienone is 1. The van der Waals surface area contributed by atoms with Gasteiger partial charge in [0.25, 0.3) is 0 Å². The van der Waals surface area contributed by atoms with Gasteiger partial charge >= 0.3 is 11.9 Å². The van der Waals surface area contributed by atoms with E-state index in [4.69, 9.17) is 0 Å². The minimum atomic E-state index is -1.46. The van der Waals surface area contributed by atoms with Gasteiger partial charge < -0.3 is 15.5 Å². The average molecular weight is 374 g/mol. The summed E-state index contributed by atoms with van der Waals surface area (Å²) < 4.78 is 0. The predicted molar refractivity (Wildman–Crippen MR) is 106 cm³/mol. The predicted octanol–water partition coefficient (Wildman–Crippen LogP) is 3.71. The second-order valence-corrected chi connectivity index (χ2v) is 13.2. The fourth-order valence-electron chi connectivity index (χ4n) is 3.30. The second-order valence-electron chi connectivity index (χ2n) is 8.18. The summed E-state index contributed by atoms with van der Waals surface area (Å²) in [5, 5.41) is 22.7. The lowest BCUT2D eigenvalue weighted by molar-refractivity contribution is -0.149. The molecule has 0 radical (unpaired) electrons. The Bertz CT molecular complexity index is 791. The van der Waals surface area contributed by atoms with Gasteiger partial charge in [0, 0.05) is 18.2 Å². The van der Waals surface area contributed by atoms with Crippen molar-refractivity contribution in [2.75, 3.05) is 6.54 Å². The third kappa shape index (κ3) is 3.90. The van der Waals surface area contributed by atoms with Crippen LogP contribution >= 0.6 is 0 Å². The molecule has 1 aromatic rings. The lowest BCUT2D eigenvalue weighted by atomic mass is 9.66. The normalized spacial score (nSPS) is 23.8. The molecule has 6 heteroatoms. The summed E-state index contributed by atoms with van der Waals surface area (Å²) in [6.45, 7) is 10.1. The highest BCUT2D eigenvalue weighted by Crippen LogP contribution is 2.46. The fraction of sp³-hybridized carbons (Fsp3) is 0.400. The van der Waals surface area contributed by atoms with E-state index in [1.807, 2.05) is 30.3 Å². The summed E-state index contributed by atoms with van der Waals surface area (Å²) in [7, 11) is -1.46. The lowest BCUT2D eigenvalue weighted by Crippen LogP contribution is -2.49. The number of benzene rings is 1. The smallest absolute Gasteiger partial charge is 0.333 e. The molecule has 2 unspecified atom stereocenters. The van der Waals surface area contributed by atoms with E-state index in [1.165, 1.54) is 0 Å². The molecule has 2 atom stereocenters. The monoisotopic (exact) mass is 373 g/mol. The van der Waals surface area contributed by atoms with E-state index < -0.39 is 31.3 Å². The molecule has 1 heterocycles. The Balaban J connectivity index is 2.72. The second kappa shape index (κ2) is 7.11. The number of hydrogen-bond donors (Lipinski definition) is 3. The van der Waals surface area contributed by atoms with E-state index in [2.05, 4.69) is 30.7 Å². The molecule has 0 amide bonds. The third-order valence-electron chi connectivity index (χ3n) is 4.84. The van der Waals surface area contributed by atoms with Gasteiger partial charge in [-0.3, -0.25) is 4.79 Å². The molecule has 26 heavy (non-hydrogen) atoms. The van der Waals surface area contributed by atoms with Crippen LogP contribution in [0.15, 0.2) is 41.2 Å². The minimum absolute atomic E-state index is 0.120. The van der Waals surface area contributed by atoms with Crippen LogP contribution in [0.5, 0.6) is 0 Å². The summed E-state index contributed by atoms with van der Waals surface area (Å²) in [6.07, 6.45) is 2.01. The first kappa shape index (κ1) is 20.0. The highest BCUT2D eigenvalue weighted by atomic mass is 28.3. The standard InChI is InChI=1S/C20H27NO4Si/c1-13-16(18(22)23)17(20(2,12-21-13)19(24)25)15-9-7-6-8-14(15)10-11-26(3,4)5/h6-11,17,21H,12H2,1-5H3,(H,22,23)(H,24,25)/b11-10+. The van der Waals surface area contributed by atoms with E-state index in [1.54, 1.807) is 13.8 Å². The van der Waals surface area contributed by atoms with Crippen LogP contribution in [0, 0.1) is 5.41 Å². The van der Waals surface area contributed by atoms with Crippen molar-refractivity contribution >= 4 is 26.1 Å². The van der Waals surface area contributed by atoms with Crippen molar-refractivity contribution in [1.82, 2.24) is 5.32 Å². The number of hydrogen-bond acceptors (Lipinski definition) is 3. The fourth-order valence-corrected chi connectivity index (χ4v) is 3.98. The molecule has 3 N–H and O–H groups in total. The van der Waals surface area contributed by atoms with Gasteiger partial charge in [-0.15, -0.1) is 0 Å². The molecule has 0 aliphatic carbocycles. The molecule has 1 aromatic carbocycles. The van der Waals surface area contributed by atoms with Crippen LogP contribution in [0.2, 0.25) is 19.6 Å². The van der Waals surface area contributed by atoms with Gasteiger partial charge in [0.2, 0.25) is 0 Å². The molecule has 0 aromatic heterocycles. The summed E-state index contributed by atoms with van der Waals surface area (Å²) in [5.74, 6) is -2.83. The van der Waals surface area contributed by atoms with Crippen LogP contribution in [0.3, 0.4) is 0 Å². The summed E-state index contributed by atoms with van der Waals surface area (Å²) in [5.41, 5.74) is 3.18. The average Bonchev–Trinajstić information content (AvgIpc) is 2.54. The van der Waals surface area contributed by atoms with Crippen LogP contribution in [-0.4, -0.2) is 36.8 Å². The first-order chi connectivity index (χ1) is 12.0. The molecule has 0 bridgehead atoms. The Morgan fingerprint density at radius 3 is 2.38 bits per heavy atom. The Hall–Kier alpha value is -2.34. The van der Waals surface area contributed by atoms with Crippen molar-refractivity contribution in [2.45, 2.75) is 39.4 Å². The molecular formula is C20H27NO4Si. The van der Waals surface area contributed by atoms with Crippen molar-refractivity contribution in [3.63, 3.8) is 0 Å². The van der Waals surface area contributed by atoms with Gasteiger partial charge in [0.15, 0.2) is 0 Å². The zero-order valence-corrected chi connectivity index (χ0v) is 17.0. The Morgan fingerprint density at radius 1 is 1.23 bits per heavy atom. The largest absolute Gasteiger partial charge is 0.481 e. The Morgan fingerprint density at radius 2 is 1.85 bits per heavy atom. The van der Waals surface area contributed by atoms with Gasteiger partial charge in [0.1, 0.15) is 0 Å². The van der Waals surface area contributed by atoms with Crippen LogP contribution in [0.4, 0.5) is 0 Å². The van der Waals surface area contributed by atoms with Crippen LogP contribution < -0.4 is 5.32 Å². The molecule has 2 rings (SSSR count).